The summed E-state index contributed by atoms with van der Waals surface area (Å²) in [5.74, 6) is 2.54. The normalized spacial score (nSPS) is 25.2. The summed E-state index contributed by atoms with van der Waals surface area (Å²) < 4.78 is 0. The van der Waals surface area contributed by atoms with Gasteiger partial charge in [-0.3, -0.25) is 0 Å². The first-order valence-corrected chi connectivity index (χ1v) is 8.33. The Morgan fingerprint density at radius 2 is 2.11 bits per heavy atom. The molecular formula is C11H18N2O3S2. The summed E-state index contributed by atoms with van der Waals surface area (Å²) in [6.45, 7) is 0.612. The second-order valence-electron chi connectivity index (χ2n) is 4.58. The van der Waals surface area contributed by atoms with Crippen molar-refractivity contribution in [2.45, 2.75) is 24.1 Å². The summed E-state index contributed by atoms with van der Waals surface area (Å²) in [6, 6.07) is -1.08. The maximum absolute atomic E-state index is 11.6. The lowest BCUT2D eigenvalue weighted by Crippen LogP contribution is -2.48. The molecule has 2 atom stereocenters. The summed E-state index contributed by atoms with van der Waals surface area (Å²) in [4.78, 5) is 22.6. The minimum atomic E-state index is -0.935. The summed E-state index contributed by atoms with van der Waals surface area (Å²) in [6.07, 6.45) is 1.79. The zero-order valence-electron chi connectivity index (χ0n) is 10.1. The van der Waals surface area contributed by atoms with Gasteiger partial charge in [0.25, 0.3) is 0 Å². The van der Waals surface area contributed by atoms with Gasteiger partial charge in [0, 0.05) is 29.1 Å². The van der Waals surface area contributed by atoms with Crippen molar-refractivity contribution >= 4 is 35.5 Å². The van der Waals surface area contributed by atoms with Crippen molar-refractivity contribution in [3.8, 4) is 0 Å². The predicted octanol–water partition coefficient (Wildman–Crippen LogP) is 0.997. The van der Waals surface area contributed by atoms with E-state index in [1.54, 1.807) is 0 Å². The molecule has 18 heavy (non-hydrogen) atoms. The Morgan fingerprint density at radius 3 is 2.67 bits per heavy atom. The molecule has 0 aromatic carbocycles. The fourth-order valence-electron chi connectivity index (χ4n) is 1.86. The average Bonchev–Trinajstić information content (AvgIpc) is 3.18. The van der Waals surface area contributed by atoms with Crippen LogP contribution in [-0.4, -0.2) is 52.2 Å². The Balaban J connectivity index is 1.68. The molecule has 1 aliphatic carbocycles. The van der Waals surface area contributed by atoms with E-state index in [0.29, 0.717) is 11.8 Å². The summed E-state index contributed by atoms with van der Waals surface area (Å²) in [5, 5.41) is 14.8. The lowest BCUT2D eigenvalue weighted by Gasteiger charge is -2.22. The zero-order valence-corrected chi connectivity index (χ0v) is 11.7. The lowest BCUT2D eigenvalue weighted by atomic mass is 10.2. The van der Waals surface area contributed by atoms with E-state index in [9.17, 15) is 9.59 Å². The number of carboxylic acids is 1. The minimum Gasteiger partial charge on any atom is -0.480 e. The molecule has 102 valence electrons. The molecule has 1 heterocycles. The van der Waals surface area contributed by atoms with Gasteiger partial charge < -0.3 is 15.7 Å². The molecule has 2 fully saturated rings. The maximum Gasteiger partial charge on any atom is 0.326 e. The van der Waals surface area contributed by atoms with Crippen LogP contribution in [0.5, 0.6) is 0 Å². The van der Waals surface area contributed by atoms with Crippen LogP contribution in [0.4, 0.5) is 4.79 Å². The van der Waals surface area contributed by atoms with Gasteiger partial charge in [-0.2, -0.15) is 23.5 Å². The van der Waals surface area contributed by atoms with E-state index >= 15 is 0 Å². The van der Waals surface area contributed by atoms with E-state index in [2.05, 4.69) is 10.6 Å². The molecule has 2 amide bonds. The van der Waals surface area contributed by atoms with Crippen LogP contribution in [0.3, 0.4) is 0 Å². The molecule has 1 saturated heterocycles. The Labute approximate surface area is 115 Å². The Bertz CT molecular complexity index is 317. The number of carbonyl (C=O) groups is 2. The number of rotatable bonds is 5. The summed E-state index contributed by atoms with van der Waals surface area (Å²) >= 11 is 3.77. The van der Waals surface area contributed by atoms with E-state index in [4.69, 9.17) is 5.11 Å². The van der Waals surface area contributed by atoms with Gasteiger partial charge in [-0.15, -0.1) is 0 Å². The van der Waals surface area contributed by atoms with Gasteiger partial charge in [-0.1, -0.05) is 0 Å². The molecule has 0 bridgehead atoms. The largest absolute Gasteiger partial charge is 0.480 e. The molecule has 0 spiro atoms. The first-order chi connectivity index (χ1) is 8.66. The van der Waals surface area contributed by atoms with Crippen molar-refractivity contribution in [2.75, 3.05) is 23.8 Å². The molecule has 0 aromatic heterocycles. The van der Waals surface area contributed by atoms with Crippen LogP contribution in [0.15, 0.2) is 0 Å². The van der Waals surface area contributed by atoms with Gasteiger partial charge in [0.05, 0.1) is 0 Å². The zero-order chi connectivity index (χ0) is 13.0. The number of urea groups is 1. The van der Waals surface area contributed by atoms with Crippen LogP contribution in [0.2, 0.25) is 0 Å². The van der Waals surface area contributed by atoms with Gasteiger partial charge in [0.15, 0.2) is 0 Å². The van der Waals surface area contributed by atoms with Crippen LogP contribution < -0.4 is 10.6 Å². The van der Waals surface area contributed by atoms with Crippen molar-refractivity contribution in [3.05, 3.63) is 0 Å². The first kappa shape index (κ1) is 13.9. The van der Waals surface area contributed by atoms with Crippen LogP contribution in [0, 0.1) is 5.92 Å². The number of carboxylic acid groups (broad SMARTS) is 1. The third kappa shape index (κ3) is 4.28. The van der Waals surface area contributed by atoms with Gasteiger partial charge in [0.2, 0.25) is 0 Å². The minimum absolute atomic E-state index is 0.118. The molecule has 3 N–H and O–H groups in total. The highest BCUT2D eigenvalue weighted by Crippen LogP contribution is 2.32. The molecular weight excluding hydrogens is 272 g/mol. The van der Waals surface area contributed by atoms with Gasteiger partial charge in [0.1, 0.15) is 6.04 Å². The molecule has 1 saturated carbocycles. The van der Waals surface area contributed by atoms with Crippen LogP contribution in [0.25, 0.3) is 0 Å². The monoisotopic (exact) mass is 290 g/mol. The van der Waals surface area contributed by atoms with Crippen molar-refractivity contribution in [2.24, 2.45) is 5.92 Å². The Kier molecular flexibility index (Phi) is 5.05. The Hall–Kier alpha value is -0.560. The molecule has 7 heteroatoms. The van der Waals surface area contributed by atoms with Crippen molar-refractivity contribution in [1.29, 1.82) is 0 Å². The van der Waals surface area contributed by atoms with Crippen molar-refractivity contribution in [1.82, 2.24) is 10.6 Å². The van der Waals surface area contributed by atoms with Crippen molar-refractivity contribution in [3.63, 3.8) is 0 Å². The number of nitrogens with one attached hydrogen (secondary N) is 2. The first-order valence-electron chi connectivity index (χ1n) is 6.13. The third-order valence-electron chi connectivity index (χ3n) is 3.02. The highest BCUT2D eigenvalue weighted by Gasteiger charge is 2.37. The van der Waals surface area contributed by atoms with E-state index in [0.717, 1.165) is 24.3 Å². The van der Waals surface area contributed by atoms with E-state index in [1.807, 2.05) is 23.5 Å². The predicted molar refractivity (Wildman–Crippen MR) is 74.3 cm³/mol. The molecule has 2 rings (SSSR count). The van der Waals surface area contributed by atoms with Crippen LogP contribution >= 0.6 is 23.5 Å². The highest BCUT2D eigenvalue weighted by atomic mass is 32.2. The Morgan fingerprint density at radius 1 is 1.33 bits per heavy atom. The molecule has 2 aliphatic rings. The summed E-state index contributed by atoms with van der Waals surface area (Å²) in [7, 11) is 0. The quantitative estimate of drug-likeness (QED) is 0.704. The molecule has 0 radical (unpaired) electrons. The number of carbonyl (C=O) groups excluding carboxylic acids is 1. The molecule has 2 unspecified atom stereocenters. The smallest absolute Gasteiger partial charge is 0.326 e. The topological polar surface area (TPSA) is 78.4 Å². The molecule has 0 aromatic rings. The second kappa shape index (κ2) is 6.56. The molecule has 5 nitrogen and oxygen atoms in total. The van der Waals surface area contributed by atoms with Crippen LogP contribution in [-0.2, 0) is 4.79 Å². The third-order valence-corrected chi connectivity index (χ3v) is 5.87. The van der Waals surface area contributed by atoms with Gasteiger partial charge in [-0.25, -0.2) is 9.59 Å². The average molecular weight is 290 g/mol. The van der Waals surface area contributed by atoms with Gasteiger partial charge in [-0.05, 0) is 18.8 Å². The second-order valence-corrected chi connectivity index (χ2v) is 7.13. The lowest BCUT2D eigenvalue weighted by molar-refractivity contribution is -0.139. The number of aliphatic carboxylic acids is 1. The van der Waals surface area contributed by atoms with E-state index in [1.165, 1.54) is 5.75 Å². The fraction of sp³-hybridized carbons (Fsp3) is 0.818. The molecule has 1 aliphatic heterocycles. The maximum atomic E-state index is 11.6. The number of thioether (sulfide) groups is 2. The van der Waals surface area contributed by atoms with E-state index in [-0.39, 0.29) is 11.9 Å². The van der Waals surface area contributed by atoms with Gasteiger partial charge >= 0.3 is 12.0 Å². The summed E-state index contributed by atoms with van der Waals surface area (Å²) in [5.41, 5.74) is 0. The SMILES string of the molecule is O=C(NCC1CSCCS1)NC(C(=O)O)C1CC1. The highest BCUT2D eigenvalue weighted by molar-refractivity contribution is 8.06. The number of hydrogen-bond donors (Lipinski definition) is 3. The van der Waals surface area contributed by atoms with Crippen LogP contribution in [0.1, 0.15) is 12.8 Å². The van der Waals surface area contributed by atoms with E-state index < -0.39 is 12.0 Å². The standard InChI is InChI=1S/C11H18N2O3S2/c14-10(15)9(7-1-2-7)13-11(16)12-5-8-6-17-3-4-18-8/h7-9H,1-6H2,(H,14,15)(H2,12,13,16). The van der Waals surface area contributed by atoms with Crippen molar-refractivity contribution < 1.29 is 14.7 Å². The number of hydrogen-bond acceptors (Lipinski definition) is 4. The fourth-order valence-corrected chi connectivity index (χ4v) is 4.48. The number of amides is 2.